The molecule has 0 fully saturated rings. The SMILES string of the molecule is CC[Si](C)(C)OC(=O)c1ccccc1S(=O)(=O)[O-].[Li+]. The average Bonchev–Trinajstić information content (AvgIpc) is 2.27. The van der Waals surface area contributed by atoms with Gasteiger partial charge in [0.05, 0.1) is 10.5 Å². The molecule has 0 saturated carbocycles. The summed E-state index contributed by atoms with van der Waals surface area (Å²) < 4.78 is 38.4. The minimum Gasteiger partial charge on any atom is -0.744 e. The van der Waals surface area contributed by atoms with E-state index in [9.17, 15) is 17.8 Å². The van der Waals surface area contributed by atoms with Crippen LogP contribution in [0.3, 0.4) is 0 Å². The van der Waals surface area contributed by atoms with E-state index >= 15 is 0 Å². The minimum absolute atomic E-state index is 0. The van der Waals surface area contributed by atoms with Crippen molar-refractivity contribution in [1.82, 2.24) is 0 Å². The molecule has 0 aliphatic rings. The summed E-state index contributed by atoms with van der Waals surface area (Å²) >= 11 is 0. The first-order chi connectivity index (χ1) is 8.17. The van der Waals surface area contributed by atoms with Gasteiger partial charge < -0.3 is 8.98 Å². The van der Waals surface area contributed by atoms with E-state index in [-0.39, 0.29) is 24.4 Å². The summed E-state index contributed by atoms with van der Waals surface area (Å²) in [6, 6.07) is 5.99. The first kappa shape index (κ1) is 18.4. The largest absolute Gasteiger partial charge is 1.00 e. The molecule has 0 radical (unpaired) electrons. The van der Waals surface area contributed by atoms with Crippen LogP contribution in [0.15, 0.2) is 29.2 Å². The number of carbonyl (C=O) groups excluding carboxylic acids is 1. The molecular weight excluding hydrogens is 279 g/mol. The van der Waals surface area contributed by atoms with Gasteiger partial charge in [0.15, 0.2) is 0 Å². The van der Waals surface area contributed by atoms with Crippen LogP contribution >= 0.6 is 0 Å². The van der Waals surface area contributed by atoms with Crippen molar-refractivity contribution in [2.75, 3.05) is 0 Å². The summed E-state index contributed by atoms with van der Waals surface area (Å²) in [7, 11) is -6.83. The minimum atomic E-state index is -4.68. The molecule has 0 spiro atoms. The molecule has 8 heteroatoms. The predicted octanol–water partition coefficient (Wildman–Crippen LogP) is -1.02. The topological polar surface area (TPSA) is 83.5 Å². The molecule has 0 aromatic heterocycles. The van der Waals surface area contributed by atoms with Gasteiger partial charge >= 0.3 is 24.8 Å². The third kappa shape index (κ3) is 5.12. The fraction of sp³-hybridized carbons (Fsp3) is 0.364. The number of hydrogen-bond acceptors (Lipinski definition) is 5. The quantitative estimate of drug-likeness (QED) is 0.524. The zero-order chi connectivity index (χ0) is 14.0. The van der Waals surface area contributed by atoms with Crippen LogP contribution in [-0.4, -0.2) is 27.3 Å². The predicted molar refractivity (Wildman–Crippen MR) is 67.8 cm³/mol. The Kier molecular flexibility index (Phi) is 6.52. The average molecular weight is 294 g/mol. The smallest absolute Gasteiger partial charge is 0.744 e. The zero-order valence-electron chi connectivity index (χ0n) is 11.5. The second-order valence-electron chi connectivity index (χ2n) is 4.45. The van der Waals surface area contributed by atoms with Crippen molar-refractivity contribution in [2.24, 2.45) is 0 Å². The molecule has 0 heterocycles. The summed E-state index contributed by atoms with van der Waals surface area (Å²) in [6.07, 6.45) is 0. The van der Waals surface area contributed by atoms with Crippen LogP contribution in [0.1, 0.15) is 17.3 Å². The van der Waals surface area contributed by atoms with Crippen LogP contribution in [0.2, 0.25) is 19.1 Å². The molecule has 0 atom stereocenters. The van der Waals surface area contributed by atoms with Crippen LogP contribution in [0.5, 0.6) is 0 Å². The monoisotopic (exact) mass is 294 g/mol. The normalized spacial score (nSPS) is 11.6. The molecule has 0 aliphatic heterocycles. The number of hydrogen-bond donors (Lipinski definition) is 0. The molecule has 19 heavy (non-hydrogen) atoms. The van der Waals surface area contributed by atoms with Gasteiger partial charge in [0.25, 0.3) is 0 Å². The summed E-state index contributed by atoms with van der Waals surface area (Å²) in [6.45, 7) is 5.59. The summed E-state index contributed by atoms with van der Waals surface area (Å²) in [5.41, 5.74) is -0.193. The molecule has 0 amide bonds. The van der Waals surface area contributed by atoms with E-state index in [4.69, 9.17) is 4.43 Å². The van der Waals surface area contributed by atoms with Gasteiger partial charge in [-0.05, 0) is 31.3 Å². The van der Waals surface area contributed by atoms with Gasteiger partial charge in [-0.2, -0.15) is 0 Å². The van der Waals surface area contributed by atoms with E-state index in [0.717, 1.165) is 6.07 Å². The molecule has 100 valence electrons. The van der Waals surface area contributed by atoms with Crippen molar-refractivity contribution in [2.45, 2.75) is 31.0 Å². The molecule has 1 rings (SSSR count). The molecule has 0 aliphatic carbocycles. The van der Waals surface area contributed by atoms with E-state index in [1.807, 2.05) is 20.0 Å². The Morgan fingerprint density at radius 2 is 1.84 bits per heavy atom. The molecule has 5 nitrogen and oxygen atoms in total. The standard InChI is InChI=1S/C11H16O5SSi.Li/c1-4-18(2,3)16-11(12)9-7-5-6-8-10(9)17(13,14)15;/h5-8H,4H2,1-3H3,(H,13,14,15);/q;+1/p-1. The van der Waals surface area contributed by atoms with Crippen molar-refractivity contribution in [3.05, 3.63) is 29.8 Å². The van der Waals surface area contributed by atoms with Gasteiger partial charge in [0.1, 0.15) is 10.1 Å². The molecule has 1 aromatic rings. The van der Waals surface area contributed by atoms with Crippen molar-refractivity contribution in [1.29, 1.82) is 0 Å². The molecule has 0 bridgehead atoms. The van der Waals surface area contributed by atoms with Crippen LogP contribution in [-0.2, 0) is 14.5 Å². The Labute approximate surface area is 126 Å². The second kappa shape index (κ2) is 6.72. The first-order valence-electron chi connectivity index (χ1n) is 5.45. The Morgan fingerprint density at radius 3 is 2.32 bits per heavy atom. The molecule has 1 aromatic carbocycles. The molecule has 0 saturated heterocycles. The van der Waals surface area contributed by atoms with E-state index in [0.29, 0.717) is 6.04 Å². The van der Waals surface area contributed by atoms with Gasteiger partial charge in [-0.25, -0.2) is 13.2 Å². The van der Waals surface area contributed by atoms with Crippen LogP contribution in [0.25, 0.3) is 0 Å². The van der Waals surface area contributed by atoms with Gasteiger partial charge in [0.2, 0.25) is 8.32 Å². The third-order valence-electron chi connectivity index (χ3n) is 2.60. The Balaban J connectivity index is 0.00000324. The van der Waals surface area contributed by atoms with Crippen LogP contribution in [0.4, 0.5) is 0 Å². The van der Waals surface area contributed by atoms with Crippen LogP contribution < -0.4 is 18.9 Å². The number of carbonyl (C=O) groups is 1. The van der Waals surface area contributed by atoms with Crippen LogP contribution in [0, 0.1) is 0 Å². The van der Waals surface area contributed by atoms with E-state index in [2.05, 4.69) is 0 Å². The molecule has 0 unspecified atom stereocenters. The fourth-order valence-corrected chi connectivity index (χ4v) is 2.65. The van der Waals surface area contributed by atoms with Gasteiger partial charge in [-0.1, -0.05) is 19.1 Å². The van der Waals surface area contributed by atoms with Crippen molar-refractivity contribution in [3.8, 4) is 0 Å². The van der Waals surface area contributed by atoms with Crippen molar-refractivity contribution < 1.29 is 41.1 Å². The Morgan fingerprint density at radius 1 is 1.32 bits per heavy atom. The molecular formula is C11H15LiO5SSi. The van der Waals surface area contributed by atoms with Gasteiger partial charge in [-0.3, -0.25) is 0 Å². The summed E-state index contributed by atoms with van der Waals surface area (Å²) in [4.78, 5) is 11.4. The second-order valence-corrected chi connectivity index (χ2v) is 10.2. The van der Waals surface area contributed by atoms with Crippen molar-refractivity contribution in [3.63, 3.8) is 0 Å². The number of benzene rings is 1. The third-order valence-corrected chi connectivity index (χ3v) is 5.93. The summed E-state index contributed by atoms with van der Waals surface area (Å²) in [5.74, 6) is -0.747. The fourth-order valence-electron chi connectivity index (χ4n) is 1.23. The van der Waals surface area contributed by atoms with E-state index < -0.39 is 29.3 Å². The van der Waals surface area contributed by atoms with Gasteiger partial charge in [-0.15, -0.1) is 0 Å². The van der Waals surface area contributed by atoms with Gasteiger partial charge in [0, 0.05) is 0 Å². The maximum Gasteiger partial charge on any atom is 1.00 e. The first-order valence-corrected chi connectivity index (χ1v) is 9.98. The summed E-state index contributed by atoms with van der Waals surface area (Å²) in [5, 5.41) is 0. The van der Waals surface area contributed by atoms with Crippen molar-refractivity contribution >= 4 is 24.4 Å². The zero-order valence-corrected chi connectivity index (χ0v) is 13.3. The molecule has 0 N–H and O–H groups in total. The van der Waals surface area contributed by atoms with E-state index in [1.165, 1.54) is 18.2 Å². The maximum absolute atomic E-state index is 11.9. The Hall–Kier alpha value is -0.586. The maximum atomic E-state index is 11.9. The Bertz CT molecular complexity index is 556. The van der Waals surface area contributed by atoms with E-state index in [1.54, 1.807) is 0 Å². The number of rotatable bonds is 4.